The molecule has 5 nitrogen and oxygen atoms in total. The zero-order valence-electron chi connectivity index (χ0n) is 11.5. The maximum absolute atomic E-state index is 10.2. The third kappa shape index (κ3) is 3.09. The monoisotopic (exact) mass is 287 g/mol. The minimum atomic E-state index is -0.648. The van der Waals surface area contributed by atoms with Crippen LogP contribution >= 0.6 is 0 Å². The molecule has 5 heteroatoms. The summed E-state index contributed by atoms with van der Waals surface area (Å²) in [4.78, 5) is 0. The van der Waals surface area contributed by atoms with Crippen molar-refractivity contribution in [3.8, 4) is 17.2 Å². The molecular weight excluding hydrogens is 270 g/mol. The predicted octanol–water partition coefficient (Wildman–Crippen LogP) is 1.94. The van der Waals surface area contributed by atoms with Gasteiger partial charge in [-0.15, -0.1) is 0 Å². The van der Waals surface area contributed by atoms with Crippen molar-refractivity contribution in [2.45, 2.75) is 12.6 Å². The van der Waals surface area contributed by atoms with E-state index in [4.69, 9.17) is 9.47 Å². The van der Waals surface area contributed by atoms with Crippen molar-refractivity contribution in [2.75, 3.05) is 13.3 Å². The highest BCUT2D eigenvalue weighted by atomic mass is 16.7. The molecule has 2 aromatic carbocycles. The lowest BCUT2D eigenvalue weighted by Gasteiger charge is -2.13. The lowest BCUT2D eigenvalue weighted by molar-refractivity contribution is 0.170. The summed E-state index contributed by atoms with van der Waals surface area (Å²) in [6.45, 7) is 1.10. The molecule has 3 N–H and O–H groups in total. The van der Waals surface area contributed by atoms with E-state index in [1.807, 2.05) is 18.2 Å². The highest BCUT2D eigenvalue weighted by Crippen LogP contribution is 2.34. The van der Waals surface area contributed by atoms with Crippen LogP contribution in [-0.4, -0.2) is 23.6 Å². The van der Waals surface area contributed by atoms with Crippen LogP contribution in [0.2, 0.25) is 0 Å². The fourth-order valence-corrected chi connectivity index (χ4v) is 2.24. The minimum absolute atomic E-state index is 0.223. The number of ether oxygens (including phenoxy) is 2. The molecule has 1 unspecified atom stereocenters. The number of para-hydroxylation sites is 1. The Balaban J connectivity index is 1.57. The number of phenols is 1. The second-order valence-electron chi connectivity index (χ2n) is 4.89. The average Bonchev–Trinajstić information content (AvgIpc) is 2.96. The molecule has 0 saturated carbocycles. The molecule has 2 aromatic rings. The van der Waals surface area contributed by atoms with E-state index in [-0.39, 0.29) is 12.5 Å². The van der Waals surface area contributed by atoms with Crippen molar-refractivity contribution >= 4 is 0 Å². The molecule has 0 radical (unpaired) electrons. The second-order valence-corrected chi connectivity index (χ2v) is 4.89. The number of aromatic hydroxyl groups is 1. The lowest BCUT2D eigenvalue weighted by atomic mass is 10.1. The number of nitrogens with one attached hydrogen (secondary N) is 1. The van der Waals surface area contributed by atoms with Crippen LogP contribution in [0, 0.1) is 0 Å². The van der Waals surface area contributed by atoms with Gasteiger partial charge in [-0.1, -0.05) is 24.3 Å². The molecule has 1 atom stereocenters. The Morgan fingerprint density at radius 1 is 1.10 bits per heavy atom. The van der Waals surface area contributed by atoms with Gasteiger partial charge in [0.15, 0.2) is 11.5 Å². The number of aliphatic hydroxyl groups excluding tert-OH is 1. The van der Waals surface area contributed by atoms with Crippen molar-refractivity contribution in [1.29, 1.82) is 0 Å². The summed E-state index contributed by atoms with van der Waals surface area (Å²) < 4.78 is 10.5. The van der Waals surface area contributed by atoms with Crippen LogP contribution in [0.4, 0.5) is 0 Å². The molecule has 0 saturated heterocycles. The Hall–Kier alpha value is -2.24. The molecule has 110 valence electrons. The van der Waals surface area contributed by atoms with E-state index in [2.05, 4.69) is 5.32 Å². The summed E-state index contributed by atoms with van der Waals surface area (Å²) in [5, 5.41) is 23.0. The van der Waals surface area contributed by atoms with Gasteiger partial charge in [-0.25, -0.2) is 0 Å². The predicted molar refractivity (Wildman–Crippen MR) is 77.3 cm³/mol. The number of phenolic OH excluding ortho intramolecular Hbond substituents is 1. The van der Waals surface area contributed by atoms with E-state index < -0.39 is 6.10 Å². The molecule has 0 aromatic heterocycles. The third-order valence-corrected chi connectivity index (χ3v) is 3.43. The fraction of sp³-hybridized carbons (Fsp3) is 0.250. The Kier molecular flexibility index (Phi) is 3.94. The molecule has 21 heavy (non-hydrogen) atoms. The minimum Gasteiger partial charge on any atom is -0.508 e. The van der Waals surface area contributed by atoms with Crippen molar-refractivity contribution in [1.82, 2.24) is 5.32 Å². The van der Waals surface area contributed by atoms with E-state index in [0.717, 1.165) is 11.1 Å². The zero-order valence-corrected chi connectivity index (χ0v) is 11.5. The molecule has 0 fully saturated rings. The smallest absolute Gasteiger partial charge is 0.231 e. The van der Waals surface area contributed by atoms with E-state index in [9.17, 15) is 10.2 Å². The SMILES string of the molecule is Oc1ccccc1CNCC(O)c1ccc2c(c1)OCO2. The normalized spacial score (nSPS) is 14.1. The maximum atomic E-state index is 10.2. The molecule has 0 spiro atoms. The number of rotatable bonds is 5. The van der Waals surface area contributed by atoms with Gasteiger partial charge >= 0.3 is 0 Å². The number of hydrogen-bond acceptors (Lipinski definition) is 5. The van der Waals surface area contributed by atoms with Crippen LogP contribution in [-0.2, 0) is 6.54 Å². The Bertz CT molecular complexity index is 629. The molecular formula is C16H17NO4. The first kappa shape index (κ1) is 13.7. The van der Waals surface area contributed by atoms with Crippen molar-refractivity contribution in [2.24, 2.45) is 0 Å². The van der Waals surface area contributed by atoms with Crippen LogP contribution < -0.4 is 14.8 Å². The number of benzene rings is 2. The lowest BCUT2D eigenvalue weighted by Crippen LogP contribution is -2.21. The molecule has 3 rings (SSSR count). The second kappa shape index (κ2) is 6.03. The largest absolute Gasteiger partial charge is 0.508 e. The van der Waals surface area contributed by atoms with E-state index in [1.54, 1.807) is 24.3 Å². The molecule has 0 amide bonds. The maximum Gasteiger partial charge on any atom is 0.231 e. The van der Waals surface area contributed by atoms with Crippen LogP contribution in [0.1, 0.15) is 17.2 Å². The zero-order chi connectivity index (χ0) is 14.7. The van der Waals surface area contributed by atoms with Crippen LogP contribution in [0.3, 0.4) is 0 Å². The van der Waals surface area contributed by atoms with E-state index in [1.165, 1.54) is 0 Å². The number of fused-ring (bicyclic) bond motifs is 1. The van der Waals surface area contributed by atoms with Gasteiger partial charge in [-0.05, 0) is 23.8 Å². The van der Waals surface area contributed by atoms with Crippen molar-refractivity contribution in [3.63, 3.8) is 0 Å². The summed E-state index contributed by atoms with van der Waals surface area (Å²) >= 11 is 0. The van der Waals surface area contributed by atoms with Crippen LogP contribution in [0.5, 0.6) is 17.2 Å². The molecule has 1 aliphatic heterocycles. The summed E-state index contributed by atoms with van der Waals surface area (Å²) in [6, 6.07) is 12.5. The van der Waals surface area contributed by atoms with Gasteiger partial charge in [0.05, 0.1) is 6.10 Å². The third-order valence-electron chi connectivity index (χ3n) is 3.43. The Labute approximate surface area is 122 Å². The molecule has 1 aliphatic rings. The summed E-state index contributed by atoms with van der Waals surface area (Å²) in [5.74, 6) is 1.61. The molecule has 0 aliphatic carbocycles. The highest BCUT2D eigenvalue weighted by molar-refractivity contribution is 5.45. The van der Waals surface area contributed by atoms with Crippen molar-refractivity contribution in [3.05, 3.63) is 53.6 Å². The van der Waals surface area contributed by atoms with Crippen molar-refractivity contribution < 1.29 is 19.7 Å². The summed E-state index contributed by atoms with van der Waals surface area (Å²) in [5.41, 5.74) is 1.57. The summed E-state index contributed by atoms with van der Waals surface area (Å²) in [7, 11) is 0. The quantitative estimate of drug-likeness (QED) is 0.784. The van der Waals surface area contributed by atoms with Gasteiger partial charge in [0.1, 0.15) is 5.75 Å². The van der Waals surface area contributed by atoms with Crippen LogP contribution in [0.25, 0.3) is 0 Å². The fourth-order valence-electron chi connectivity index (χ4n) is 2.24. The number of aliphatic hydroxyl groups is 1. The Morgan fingerprint density at radius 2 is 1.90 bits per heavy atom. The van der Waals surface area contributed by atoms with E-state index >= 15 is 0 Å². The highest BCUT2D eigenvalue weighted by Gasteiger charge is 2.16. The van der Waals surface area contributed by atoms with Gasteiger partial charge in [0.2, 0.25) is 6.79 Å². The molecule has 1 heterocycles. The summed E-state index contributed by atoms with van der Waals surface area (Å²) in [6.07, 6.45) is -0.648. The molecule has 0 bridgehead atoms. The van der Waals surface area contributed by atoms with Gasteiger partial charge < -0.3 is 25.0 Å². The van der Waals surface area contributed by atoms with Gasteiger partial charge in [-0.3, -0.25) is 0 Å². The topological polar surface area (TPSA) is 71.0 Å². The standard InChI is InChI=1S/C16H17NO4/c18-13-4-2-1-3-12(13)8-17-9-14(19)11-5-6-15-16(7-11)21-10-20-15/h1-7,14,17-19H,8-10H2. The van der Waals surface area contributed by atoms with Gasteiger partial charge in [0, 0.05) is 18.7 Å². The van der Waals surface area contributed by atoms with E-state index in [0.29, 0.717) is 24.6 Å². The van der Waals surface area contributed by atoms with Gasteiger partial charge in [0.25, 0.3) is 0 Å². The Morgan fingerprint density at radius 3 is 2.76 bits per heavy atom. The number of hydrogen-bond donors (Lipinski definition) is 3. The first-order valence-corrected chi connectivity index (χ1v) is 6.79. The first-order chi connectivity index (χ1) is 10.2. The average molecular weight is 287 g/mol. The van der Waals surface area contributed by atoms with Crippen LogP contribution in [0.15, 0.2) is 42.5 Å². The van der Waals surface area contributed by atoms with Gasteiger partial charge in [-0.2, -0.15) is 0 Å². The first-order valence-electron chi connectivity index (χ1n) is 6.79.